The summed E-state index contributed by atoms with van der Waals surface area (Å²) in [6.45, 7) is 2.29. The Labute approximate surface area is 147 Å². The zero-order valence-corrected chi connectivity index (χ0v) is 14.3. The highest BCUT2D eigenvalue weighted by molar-refractivity contribution is 7.09. The first kappa shape index (κ1) is 17.1. The molecule has 0 atom stereocenters. The molecule has 0 radical (unpaired) electrons. The predicted octanol–water partition coefficient (Wildman–Crippen LogP) is 3.34. The number of rotatable bonds is 7. The van der Waals surface area contributed by atoms with Crippen LogP contribution in [-0.2, 0) is 19.6 Å². The molecule has 0 fully saturated rings. The van der Waals surface area contributed by atoms with Crippen LogP contribution in [0.1, 0.15) is 34.0 Å². The Morgan fingerprint density at radius 1 is 1.36 bits per heavy atom. The van der Waals surface area contributed by atoms with Crippen LogP contribution in [0.4, 0.5) is 4.39 Å². The quantitative estimate of drug-likeness (QED) is 0.698. The Morgan fingerprint density at radius 2 is 2.20 bits per heavy atom. The minimum absolute atomic E-state index is 0.0689. The van der Waals surface area contributed by atoms with Crippen molar-refractivity contribution in [2.75, 3.05) is 0 Å². The van der Waals surface area contributed by atoms with Crippen molar-refractivity contribution >= 4 is 17.2 Å². The minimum Gasteiger partial charge on any atom is -0.481 e. The Hall–Kier alpha value is -2.74. The largest absolute Gasteiger partial charge is 0.481 e. The first-order valence-electron chi connectivity index (χ1n) is 7.69. The first-order valence-corrected chi connectivity index (χ1v) is 8.57. The van der Waals surface area contributed by atoms with E-state index in [1.807, 2.05) is 12.3 Å². The van der Waals surface area contributed by atoms with E-state index in [2.05, 4.69) is 15.3 Å². The summed E-state index contributed by atoms with van der Waals surface area (Å²) in [4.78, 5) is 20.5. The van der Waals surface area contributed by atoms with E-state index in [0.29, 0.717) is 6.54 Å². The van der Waals surface area contributed by atoms with E-state index >= 15 is 0 Å². The molecular formula is C17H16FN3O3S. The normalized spacial score (nSPS) is 10.6. The summed E-state index contributed by atoms with van der Waals surface area (Å²) in [5, 5.41) is 5.53. The topological polar surface area (TPSA) is 77.2 Å². The molecule has 0 unspecified atom stereocenters. The third-order valence-corrected chi connectivity index (χ3v) is 4.23. The molecule has 130 valence electrons. The lowest BCUT2D eigenvalue weighted by molar-refractivity contribution is 0.0945. The maximum atomic E-state index is 13.5. The van der Waals surface area contributed by atoms with E-state index in [1.54, 1.807) is 12.1 Å². The minimum atomic E-state index is -0.470. The Balaban J connectivity index is 1.53. The number of carbonyl (C=O) groups is 1. The van der Waals surface area contributed by atoms with E-state index in [4.69, 9.17) is 9.15 Å². The van der Waals surface area contributed by atoms with E-state index in [-0.39, 0.29) is 29.8 Å². The van der Waals surface area contributed by atoms with Gasteiger partial charge in [-0.15, -0.1) is 11.3 Å². The molecule has 3 aromatic rings. The smallest absolute Gasteiger partial charge is 0.273 e. The van der Waals surface area contributed by atoms with Gasteiger partial charge < -0.3 is 14.5 Å². The van der Waals surface area contributed by atoms with Crippen molar-refractivity contribution in [3.05, 3.63) is 64.0 Å². The second kappa shape index (κ2) is 7.89. The van der Waals surface area contributed by atoms with Crippen LogP contribution in [0.3, 0.4) is 0 Å². The number of benzene rings is 1. The van der Waals surface area contributed by atoms with Gasteiger partial charge in [0.05, 0.1) is 12.2 Å². The number of nitrogens with one attached hydrogen (secondary N) is 1. The molecule has 1 aromatic carbocycles. The maximum absolute atomic E-state index is 13.5. The average molecular weight is 361 g/mol. The Morgan fingerprint density at radius 3 is 2.96 bits per heavy atom. The molecule has 0 bridgehead atoms. The van der Waals surface area contributed by atoms with Crippen molar-refractivity contribution in [2.45, 2.75) is 26.5 Å². The molecular weight excluding hydrogens is 345 g/mol. The van der Waals surface area contributed by atoms with Crippen molar-refractivity contribution in [2.24, 2.45) is 0 Å². The molecule has 0 aliphatic carbocycles. The maximum Gasteiger partial charge on any atom is 0.273 e. The number of halogens is 1. The van der Waals surface area contributed by atoms with E-state index in [0.717, 1.165) is 17.1 Å². The van der Waals surface area contributed by atoms with Crippen LogP contribution in [0.5, 0.6) is 5.75 Å². The number of hydrogen-bond donors (Lipinski definition) is 1. The summed E-state index contributed by atoms with van der Waals surface area (Å²) in [5.41, 5.74) is 1.14. The summed E-state index contributed by atoms with van der Waals surface area (Å²) in [7, 11) is 0. The molecule has 1 amide bonds. The monoisotopic (exact) mass is 361 g/mol. The molecule has 2 aromatic heterocycles. The Bertz CT molecular complexity index is 862. The van der Waals surface area contributed by atoms with Gasteiger partial charge in [0.25, 0.3) is 5.91 Å². The number of nitrogens with zero attached hydrogens (tertiary/aromatic N) is 2. The Kier molecular flexibility index (Phi) is 5.39. The van der Waals surface area contributed by atoms with Gasteiger partial charge in [-0.1, -0.05) is 19.1 Å². The van der Waals surface area contributed by atoms with Crippen LogP contribution >= 0.6 is 11.3 Å². The molecule has 3 rings (SSSR count). The van der Waals surface area contributed by atoms with E-state index in [9.17, 15) is 9.18 Å². The summed E-state index contributed by atoms with van der Waals surface area (Å²) in [6, 6.07) is 6.04. The fourth-order valence-corrected chi connectivity index (χ4v) is 2.84. The molecule has 2 heterocycles. The van der Waals surface area contributed by atoms with Gasteiger partial charge in [-0.25, -0.2) is 14.4 Å². The van der Waals surface area contributed by atoms with Crippen LogP contribution in [-0.4, -0.2) is 15.9 Å². The highest BCUT2D eigenvalue weighted by atomic mass is 32.1. The molecule has 25 heavy (non-hydrogen) atoms. The van der Waals surface area contributed by atoms with Crippen LogP contribution in [0.2, 0.25) is 0 Å². The molecule has 0 saturated carbocycles. The van der Waals surface area contributed by atoms with Gasteiger partial charge in [0.1, 0.15) is 11.3 Å². The fraction of sp³-hybridized carbons (Fsp3) is 0.235. The van der Waals surface area contributed by atoms with Gasteiger partial charge in [0.15, 0.2) is 23.9 Å². The van der Waals surface area contributed by atoms with Crippen molar-refractivity contribution in [1.82, 2.24) is 15.3 Å². The number of carbonyl (C=O) groups excluding carboxylic acids is 1. The number of aryl methyl sites for hydroxylation is 1. The molecule has 0 aliphatic rings. The summed E-state index contributed by atoms with van der Waals surface area (Å²) in [5.74, 6) is -0.547. The van der Waals surface area contributed by atoms with E-state index < -0.39 is 5.82 Å². The lowest BCUT2D eigenvalue weighted by Gasteiger charge is -2.03. The van der Waals surface area contributed by atoms with Crippen LogP contribution < -0.4 is 10.1 Å². The van der Waals surface area contributed by atoms with Crippen molar-refractivity contribution in [3.8, 4) is 5.75 Å². The summed E-state index contributed by atoms with van der Waals surface area (Å²) < 4.78 is 23.9. The first-order chi connectivity index (χ1) is 12.2. The van der Waals surface area contributed by atoms with Crippen molar-refractivity contribution < 1.29 is 18.3 Å². The fourth-order valence-electron chi connectivity index (χ4n) is 2.02. The molecule has 1 N–H and O–H groups in total. The lowest BCUT2D eigenvalue weighted by Crippen LogP contribution is -2.23. The third-order valence-electron chi connectivity index (χ3n) is 3.33. The van der Waals surface area contributed by atoms with Crippen molar-refractivity contribution in [1.29, 1.82) is 0 Å². The van der Waals surface area contributed by atoms with Crippen LogP contribution in [0, 0.1) is 5.82 Å². The number of hydrogen-bond acceptors (Lipinski definition) is 6. The number of aromatic nitrogens is 2. The number of ether oxygens (including phenoxy) is 1. The average Bonchev–Trinajstić information content (AvgIpc) is 3.28. The molecule has 0 aliphatic heterocycles. The highest BCUT2D eigenvalue weighted by Gasteiger charge is 2.13. The molecule has 0 spiro atoms. The molecule has 6 nitrogen and oxygen atoms in total. The van der Waals surface area contributed by atoms with Gasteiger partial charge in [-0.3, -0.25) is 4.79 Å². The third kappa shape index (κ3) is 4.42. The van der Waals surface area contributed by atoms with Gasteiger partial charge in [0.2, 0.25) is 5.89 Å². The van der Waals surface area contributed by atoms with Crippen LogP contribution in [0.15, 0.2) is 40.3 Å². The van der Waals surface area contributed by atoms with Gasteiger partial charge in [-0.2, -0.15) is 0 Å². The predicted molar refractivity (Wildman–Crippen MR) is 89.9 cm³/mol. The molecule has 0 saturated heterocycles. The standard InChI is InChI=1S/C17H16FN3O3S/c1-2-11-10-25-16(20-11)7-19-17(22)13-8-24-15(21-13)9-23-14-6-4-3-5-12(14)18/h3-6,8,10H,2,7,9H2,1H3,(H,19,22). The SMILES string of the molecule is CCc1csc(CNC(=O)c2coc(COc3ccccc3F)n2)n1. The van der Waals surface area contributed by atoms with Gasteiger partial charge in [-0.05, 0) is 18.6 Å². The summed E-state index contributed by atoms with van der Waals surface area (Å²) >= 11 is 1.50. The zero-order chi connectivity index (χ0) is 17.6. The zero-order valence-electron chi connectivity index (χ0n) is 13.5. The van der Waals surface area contributed by atoms with Crippen LogP contribution in [0.25, 0.3) is 0 Å². The lowest BCUT2D eigenvalue weighted by atomic mass is 10.3. The highest BCUT2D eigenvalue weighted by Crippen LogP contribution is 2.17. The van der Waals surface area contributed by atoms with Gasteiger partial charge in [0, 0.05) is 5.38 Å². The van der Waals surface area contributed by atoms with Crippen molar-refractivity contribution in [3.63, 3.8) is 0 Å². The second-order valence-electron chi connectivity index (χ2n) is 5.11. The second-order valence-corrected chi connectivity index (χ2v) is 6.06. The number of para-hydroxylation sites is 1. The summed E-state index contributed by atoms with van der Waals surface area (Å²) in [6.07, 6.45) is 2.10. The van der Waals surface area contributed by atoms with Gasteiger partial charge >= 0.3 is 0 Å². The number of thiazole rings is 1. The molecule has 8 heteroatoms. The van der Waals surface area contributed by atoms with E-state index in [1.165, 1.54) is 29.7 Å². The number of oxazole rings is 1. The number of amides is 1.